The van der Waals surface area contributed by atoms with Gasteiger partial charge >= 0.3 is 0 Å². The molecule has 2 aromatic rings. The number of nitrogens with zero attached hydrogens (tertiary/aromatic N) is 1. The molecule has 22 heavy (non-hydrogen) atoms. The Morgan fingerprint density at radius 2 is 1.91 bits per heavy atom. The second kappa shape index (κ2) is 6.55. The Morgan fingerprint density at radius 1 is 1.23 bits per heavy atom. The summed E-state index contributed by atoms with van der Waals surface area (Å²) in [4.78, 5) is 23.2. The van der Waals surface area contributed by atoms with Gasteiger partial charge in [0.1, 0.15) is 17.4 Å². The first kappa shape index (κ1) is 15.3. The number of hydrogen-bond acceptors (Lipinski definition) is 4. The first-order chi connectivity index (χ1) is 10.5. The van der Waals surface area contributed by atoms with Crippen LogP contribution in [0.1, 0.15) is 28.6 Å². The van der Waals surface area contributed by atoms with E-state index in [1.807, 2.05) is 6.07 Å². The van der Waals surface area contributed by atoms with Gasteiger partial charge in [-0.2, -0.15) is 5.26 Å². The second-order valence-electron chi connectivity index (χ2n) is 4.69. The normalized spacial score (nSPS) is 10.9. The SMILES string of the molecule is CC(=O)Nc1ccc(/C=C(\C#N)C(=O)c2ccoc2C)cc1. The van der Waals surface area contributed by atoms with E-state index in [4.69, 9.17) is 4.42 Å². The summed E-state index contributed by atoms with van der Waals surface area (Å²) in [6, 6.07) is 10.3. The van der Waals surface area contributed by atoms with E-state index in [0.29, 0.717) is 22.6 Å². The molecule has 0 saturated heterocycles. The van der Waals surface area contributed by atoms with Gasteiger partial charge in [-0.05, 0) is 36.8 Å². The fourth-order valence-electron chi connectivity index (χ4n) is 1.95. The smallest absolute Gasteiger partial charge is 0.221 e. The van der Waals surface area contributed by atoms with E-state index < -0.39 is 0 Å². The summed E-state index contributed by atoms with van der Waals surface area (Å²) in [5.74, 6) is -0.0570. The lowest BCUT2D eigenvalue weighted by molar-refractivity contribution is -0.114. The molecule has 1 heterocycles. The van der Waals surface area contributed by atoms with E-state index in [0.717, 1.165) is 0 Å². The molecule has 0 atom stereocenters. The maximum absolute atomic E-state index is 12.3. The fourth-order valence-corrected chi connectivity index (χ4v) is 1.95. The fraction of sp³-hybridized carbons (Fsp3) is 0.118. The molecule has 1 aromatic heterocycles. The van der Waals surface area contributed by atoms with Crippen molar-refractivity contribution in [1.29, 1.82) is 5.26 Å². The third-order valence-corrected chi connectivity index (χ3v) is 3.01. The molecular weight excluding hydrogens is 280 g/mol. The van der Waals surface area contributed by atoms with Gasteiger partial charge in [0.2, 0.25) is 11.7 Å². The van der Waals surface area contributed by atoms with Crippen molar-refractivity contribution >= 4 is 23.5 Å². The van der Waals surface area contributed by atoms with Gasteiger partial charge in [0.05, 0.1) is 11.8 Å². The molecule has 2 rings (SSSR count). The molecule has 0 spiro atoms. The van der Waals surface area contributed by atoms with Crippen molar-refractivity contribution < 1.29 is 14.0 Å². The zero-order chi connectivity index (χ0) is 16.1. The van der Waals surface area contributed by atoms with Crippen molar-refractivity contribution in [2.24, 2.45) is 0 Å². The molecular formula is C17H14N2O3. The molecule has 0 aliphatic carbocycles. The highest BCUT2D eigenvalue weighted by molar-refractivity contribution is 6.14. The van der Waals surface area contributed by atoms with Crippen molar-refractivity contribution in [2.75, 3.05) is 5.32 Å². The number of rotatable bonds is 4. The summed E-state index contributed by atoms with van der Waals surface area (Å²) >= 11 is 0. The Bertz CT molecular complexity index is 777. The number of nitriles is 1. The van der Waals surface area contributed by atoms with E-state index >= 15 is 0 Å². The van der Waals surface area contributed by atoms with Gasteiger partial charge in [0, 0.05) is 12.6 Å². The van der Waals surface area contributed by atoms with Crippen LogP contribution < -0.4 is 5.32 Å². The van der Waals surface area contributed by atoms with E-state index in [2.05, 4.69) is 5.32 Å². The number of carbonyl (C=O) groups is 2. The Balaban J connectivity index is 2.26. The Morgan fingerprint density at radius 3 is 2.41 bits per heavy atom. The number of nitrogens with one attached hydrogen (secondary N) is 1. The van der Waals surface area contributed by atoms with Crippen LogP contribution >= 0.6 is 0 Å². The number of benzene rings is 1. The number of aryl methyl sites for hydroxylation is 1. The first-order valence-corrected chi connectivity index (χ1v) is 6.59. The number of amides is 1. The largest absolute Gasteiger partial charge is 0.469 e. The second-order valence-corrected chi connectivity index (χ2v) is 4.69. The van der Waals surface area contributed by atoms with Crippen LogP contribution in [0.15, 0.2) is 46.6 Å². The molecule has 5 nitrogen and oxygen atoms in total. The summed E-state index contributed by atoms with van der Waals surface area (Å²) < 4.78 is 5.09. The number of carbonyl (C=O) groups excluding carboxylic acids is 2. The molecule has 0 radical (unpaired) electrons. The molecule has 110 valence electrons. The minimum Gasteiger partial charge on any atom is -0.469 e. The van der Waals surface area contributed by atoms with Crippen LogP contribution in [0.25, 0.3) is 6.08 Å². The topological polar surface area (TPSA) is 83.1 Å². The average Bonchev–Trinajstić information content (AvgIpc) is 2.91. The Kier molecular flexibility index (Phi) is 4.54. The van der Waals surface area contributed by atoms with Gasteiger partial charge in [-0.3, -0.25) is 9.59 Å². The summed E-state index contributed by atoms with van der Waals surface area (Å²) in [6.07, 6.45) is 2.92. The van der Waals surface area contributed by atoms with Crippen LogP contribution in [0.2, 0.25) is 0 Å². The number of Topliss-reactive ketones (excluding diaryl/α,β-unsaturated/α-hetero) is 1. The molecule has 0 bridgehead atoms. The average molecular weight is 294 g/mol. The van der Waals surface area contributed by atoms with Gasteiger partial charge in [-0.15, -0.1) is 0 Å². The lowest BCUT2D eigenvalue weighted by Crippen LogP contribution is -2.05. The quantitative estimate of drug-likeness (QED) is 0.532. The van der Waals surface area contributed by atoms with Crippen molar-refractivity contribution in [1.82, 2.24) is 0 Å². The van der Waals surface area contributed by atoms with Crippen LogP contribution in [0.3, 0.4) is 0 Å². The number of hydrogen-bond donors (Lipinski definition) is 1. The lowest BCUT2D eigenvalue weighted by Gasteiger charge is -2.02. The molecule has 0 unspecified atom stereocenters. The number of allylic oxidation sites excluding steroid dienone is 1. The van der Waals surface area contributed by atoms with Crippen LogP contribution in [0, 0.1) is 18.3 Å². The first-order valence-electron chi connectivity index (χ1n) is 6.59. The van der Waals surface area contributed by atoms with Crippen molar-refractivity contribution in [3.63, 3.8) is 0 Å². The predicted molar refractivity (Wildman–Crippen MR) is 82.1 cm³/mol. The Labute approximate surface area is 127 Å². The maximum Gasteiger partial charge on any atom is 0.221 e. The van der Waals surface area contributed by atoms with Crippen LogP contribution in [0.4, 0.5) is 5.69 Å². The van der Waals surface area contributed by atoms with Gasteiger partial charge in [-0.1, -0.05) is 12.1 Å². The van der Waals surface area contributed by atoms with E-state index in [1.165, 1.54) is 19.3 Å². The maximum atomic E-state index is 12.3. The van der Waals surface area contributed by atoms with Gasteiger partial charge < -0.3 is 9.73 Å². The van der Waals surface area contributed by atoms with E-state index in [9.17, 15) is 14.9 Å². The summed E-state index contributed by atoms with van der Waals surface area (Å²) in [7, 11) is 0. The summed E-state index contributed by atoms with van der Waals surface area (Å²) in [5.41, 5.74) is 1.75. The zero-order valence-electron chi connectivity index (χ0n) is 12.2. The van der Waals surface area contributed by atoms with Gasteiger partial charge in [0.25, 0.3) is 0 Å². The van der Waals surface area contributed by atoms with Crippen molar-refractivity contribution in [3.05, 3.63) is 59.1 Å². The van der Waals surface area contributed by atoms with Crippen molar-refractivity contribution in [3.8, 4) is 6.07 Å². The predicted octanol–water partition coefficient (Wildman–Crippen LogP) is 3.34. The number of furan rings is 1. The molecule has 5 heteroatoms. The number of ketones is 1. The third kappa shape index (κ3) is 3.49. The molecule has 0 saturated carbocycles. The highest BCUT2D eigenvalue weighted by Crippen LogP contribution is 2.17. The molecule has 1 aromatic carbocycles. The Hall–Kier alpha value is -3.13. The van der Waals surface area contributed by atoms with Gasteiger partial charge in [-0.25, -0.2) is 0 Å². The standard InChI is InChI=1S/C17H14N2O3/c1-11-16(7-8-22-11)17(21)14(10-18)9-13-3-5-15(6-4-13)19-12(2)20/h3-9H,1-2H3,(H,19,20)/b14-9+. The van der Waals surface area contributed by atoms with Crippen LogP contribution in [0.5, 0.6) is 0 Å². The highest BCUT2D eigenvalue weighted by atomic mass is 16.3. The summed E-state index contributed by atoms with van der Waals surface area (Å²) in [5, 5.41) is 11.8. The van der Waals surface area contributed by atoms with Crippen molar-refractivity contribution in [2.45, 2.75) is 13.8 Å². The minimum atomic E-state index is -0.375. The molecule has 1 N–H and O–H groups in total. The highest BCUT2D eigenvalue weighted by Gasteiger charge is 2.16. The molecule has 0 fully saturated rings. The molecule has 0 aliphatic heterocycles. The van der Waals surface area contributed by atoms with Crippen LogP contribution in [-0.4, -0.2) is 11.7 Å². The number of anilines is 1. The summed E-state index contributed by atoms with van der Waals surface area (Å²) in [6.45, 7) is 3.10. The molecule has 0 aliphatic rings. The monoisotopic (exact) mass is 294 g/mol. The third-order valence-electron chi connectivity index (χ3n) is 3.01. The van der Waals surface area contributed by atoms with Crippen LogP contribution in [-0.2, 0) is 4.79 Å². The zero-order valence-corrected chi connectivity index (χ0v) is 12.2. The lowest BCUT2D eigenvalue weighted by atomic mass is 10.0. The van der Waals surface area contributed by atoms with E-state index in [-0.39, 0.29) is 17.3 Å². The van der Waals surface area contributed by atoms with Gasteiger partial charge in [0.15, 0.2) is 0 Å². The van der Waals surface area contributed by atoms with E-state index in [1.54, 1.807) is 37.3 Å². The minimum absolute atomic E-state index is 0.0248. The molecule has 1 amide bonds.